The van der Waals surface area contributed by atoms with Crippen LogP contribution in [0.1, 0.15) is 57.5 Å². The smallest absolute Gasteiger partial charge is 0.325 e. The van der Waals surface area contributed by atoms with Crippen molar-refractivity contribution < 1.29 is 13.6 Å². The van der Waals surface area contributed by atoms with Crippen LogP contribution in [-0.2, 0) is 4.43 Å². The molecule has 6 heteroatoms. The molecular formula is C20H35ClO3Si2. The van der Waals surface area contributed by atoms with Gasteiger partial charge in [0.1, 0.15) is 5.75 Å². The van der Waals surface area contributed by atoms with Gasteiger partial charge < -0.3 is 8.85 Å². The van der Waals surface area contributed by atoms with Gasteiger partial charge in [-0.3, -0.25) is 0 Å². The van der Waals surface area contributed by atoms with E-state index in [2.05, 4.69) is 67.7 Å². The van der Waals surface area contributed by atoms with Gasteiger partial charge in [0.05, 0.1) is 10.6 Å². The molecule has 0 fully saturated rings. The van der Waals surface area contributed by atoms with Crippen LogP contribution in [0.4, 0.5) is 0 Å². The van der Waals surface area contributed by atoms with Gasteiger partial charge in [0.25, 0.3) is 16.6 Å². The average Bonchev–Trinajstić information content (AvgIpc) is 2.40. The van der Waals surface area contributed by atoms with E-state index in [1.165, 1.54) is 0 Å². The highest BCUT2D eigenvalue weighted by molar-refractivity contribution is 6.75. The first-order valence-corrected chi connectivity index (χ1v) is 15.3. The van der Waals surface area contributed by atoms with Crippen LogP contribution >= 0.6 is 11.6 Å². The van der Waals surface area contributed by atoms with Crippen LogP contribution < -0.4 is 4.43 Å². The average molecular weight is 415 g/mol. The fourth-order valence-electron chi connectivity index (χ4n) is 1.85. The number of hydrogen-bond donors (Lipinski definition) is 0. The quantitative estimate of drug-likeness (QED) is 0.488. The molecule has 0 atom stereocenters. The molecule has 0 aliphatic carbocycles. The van der Waals surface area contributed by atoms with E-state index < -0.39 is 16.6 Å². The van der Waals surface area contributed by atoms with Gasteiger partial charge in [0, 0.05) is 5.56 Å². The van der Waals surface area contributed by atoms with Gasteiger partial charge in [-0.05, 0) is 55.3 Å². The molecule has 0 N–H and O–H groups in total. The Bertz CT molecular complexity index is 684. The van der Waals surface area contributed by atoms with Crippen molar-refractivity contribution in [1.82, 2.24) is 0 Å². The third-order valence-corrected chi connectivity index (χ3v) is 14.8. The largest absolute Gasteiger partial charge is 0.542 e. The summed E-state index contributed by atoms with van der Waals surface area (Å²) >= 11 is 6.42. The summed E-state index contributed by atoms with van der Waals surface area (Å²) in [4.78, 5) is 12.9. The summed E-state index contributed by atoms with van der Waals surface area (Å²) in [6.07, 6.45) is 0. The zero-order valence-corrected chi connectivity index (χ0v) is 21.0. The van der Waals surface area contributed by atoms with E-state index in [0.717, 1.165) is 5.56 Å². The zero-order chi connectivity index (χ0) is 20.7. The predicted octanol–water partition coefficient (Wildman–Crippen LogP) is 7.19. The molecule has 0 amide bonds. The van der Waals surface area contributed by atoms with Gasteiger partial charge in [-0.25, -0.2) is 4.79 Å². The maximum Gasteiger partial charge on any atom is 0.325 e. The Hall–Kier alpha value is -0.786. The molecule has 0 heterocycles. The molecule has 0 saturated heterocycles. The zero-order valence-electron chi connectivity index (χ0n) is 18.3. The van der Waals surface area contributed by atoms with Crippen LogP contribution in [-0.4, -0.2) is 22.6 Å². The van der Waals surface area contributed by atoms with Crippen molar-refractivity contribution in [3.8, 4) is 5.75 Å². The Labute approximate surface area is 166 Å². The summed E-state index contributed by atoms with van der Waals surface area (Å²) in [6, 6.07) is 3.48. The molecular weight excluding hydrogens is 380 g/mol. The van der Waals surface area contributed by atoms with Crippen molar-refractivity contribution in [3.63, 3.8) is 0 Å². The van der Waals surface area contributed by atoms with E-state index in [-0.39, 0.29) is 16.0 Å². The topological polar surface area (TPSA) is 35.5 Å². The molecule has 0 aliphatic rings. The van der Waals surface area contributed by atoms with Crippen molar-refractivity contribution in [3.05, 3.63) is 28.3 Å². The van der Waals surface area contributed by atoms with Crippen LogP contribution in [0.2, 0.25) is 41.3 Å². The highest BCUT2D eigenvalue weighted by atomic mass is 35.5. The minimum atomic E-state index is -2.20. The monoisotopic (exact) mass is 414 g/mol. The summed E-state index contributed by atoms with van der Waals surface area (Å²) in [5.41, 5.74) is 1.29. The molecule has 0 bridgehead atoms. The number of carbonyl (C=O) groups excluding carboxylic acids is 1. The molecule has 0 spiro atoms. The Kier molecular flexibility index (Phi) is 6.55. The molecule has 0 saturated carbocycles. The first-order valence-electron chi connectivity index (χ1n) is 9.12. The lowest BCUT2D eigenvalue weighted by Crippen LogP contribution is -2.44. The van der Waals surface area contributed by atoms with Gasteiger partial charge in [-0.15, -0.1) is 0 Å². The molecule has 148 valence electrons. The SMILES string of the molecule is Cc1c(C(=O)O[Si](C)(C)C(C)(C)C)ccc(Cl)c1O[Si](C)(C)C(C)(C)C. The van der Waals surface area contributed by atoms with Crippen LogP contribution in [0, 0.1) is 6.92 Å². The maximum absolute atomic E-state index is 12.9. The Morgan fingerprint density at radius 1 is 0.923 bits per heavy atom. The van der Waals surface area contributed by atoms with Gasteiger partial charge in [0.15, 0.2) is 0 Å². The van der Waals surface area contributed by atoms with E-state index in [4.69, 9.17) is 20.5 Å². The van der Waals surface area contributed by atoms with E-state index in [0.29, 0.717) is 16.3 Å². The summed E-state index contributed by atoms with van der Waals surface area (Å²) < 4.78 is 12.4. The minimum Gasteiger partial charge on any atom is -0.542 e. The number of carbonyl (C=O) groups is 1. The lowest BCUT2D eigenvalue weighted by Gasteiger charge is -2.37. The molecule has 1 aromatic rings. The highest BCUT2D eigenvalue weighted by Crippen LogP contribution is 2.42. The van der Waals surface area contributed by atoms with Crippen molar-refractivity contribution in [2.24, 2.45) is 0 Å². The fourth-order valence-corrected chi connectivity index (χ4v) is 4.12. The second kappa shape index (κ2) is 7.32. The van der Waals surface area contributed by atoms with E-state index in [9.17, 15) is 4.79 Å². The standard InChI is InChI=1S/C20H35ClO3Si2/c1-14-15(18(22)24-26(10,11)20(5,6)7)12-13-16(21)17(14)23-25(8,9)19(2,3)4/h12-13H,1-11H3. The van der Waals surface area contributed by atoms with Crippen molar-refractivity contribution in [2.75, 3.05) is 0 Å². The Balaban J connectivity index is 3.28. The van der Waals surface area contributed by atoms with Gasteiger partial charge in [-0.2, -0.15) is 0 Å². The fraction of sp³-hybridized carbons (Fsp3) is 0.650. The molecule has 26 heavy (non-hydrogen) atoms. The molecule has 0 unspecified atom stereocenters. The first kappa shape index (κ1) is 23.3. The van der Waals surface area contributed by atoms with Crippen molar-refractivity contribution >= 4 is 34.2 Å². The summed E-state index contributed by atoms with van der Waals surface area (Å²) in [5.74, 6) is 0.328. The molecule has 1 aromatic carbocycles. The van der Waals surface area contributed by atoms with Gasteiger partial charge >= 0.3 is 5.97 Å². The first-order chi connectivity index (χ1) is 11.4. The Morgan fingerprint density at radius 3 is 1.81 bits per heavy atom. The second-order valence-electron chi connectivity index (χ2n) is 10.1. The van der Waals surface area contributed by atoms with Crippen LogP contribution in [0.25, 0.3) is 0 Å². The summed E-state index contributed by atoms with van der Waals surface area (Å²) in [5, 5.41) is 0.542. The molecule has 0 aromatic heterocycles. The highest BCUT2D eigenvalue weighted by Gasteiger charge is 2.42. The predicted molar refractivity (Wildman–Crippen MR) is 117 cm³/mol. The third-order valence-electron chi connectivity index (χ3n) is 5.90. The lowest BCUT2D eigenvalue weighted by atomic mass is 10.1. The number of rotatable bonds is 4. The number of hydrogen-bond acceptors (Lipinski definition) is 3. The normalized spacial score (nSPS) is 13.5. The van der Waals surface area contributed by atoms with Crippen molar-refractivity contribution in [2.45, 2.75) is 84.7 Å². The lowest BCUT2D eigenvalue weighted by molar-refractivity contribution is 0.0711. The van der Waals surface area contributed by atoms with Gasteiger partial charge in [-0.1, -0.05) is 53.1 Å². The third kappa shape index (κ3) is 4.93. The van der Waals surface area contributed by atoms with Crippen LogP contribution in [0.3, 0.4) is 0 Å². The van der Waals surface area contributed by atoms with Crippen molar-refractivity contribution in [1.29, 1.82) is 0 Å². The van der Waals surface area contributed by atoms with E-state index in [1.807, 2.05) is 6.92 Å². The van der Waals surface area contributed by atoms with Gasteiger partial charge in [0.2, 0.25) is 0 Å². The number of halogens is 1. The summed E-state index contributed by atoms with van der Waals surface area (Å²) in [6.45, 7) is 23.3. The molecule has 1 rings (SSSR count). The van der Waals surface area contributed by atoms with Crippen LogP contribution in [0.15, 0.2) is 12.1 Å². The second-order valence-corrected chi connectivity index (χ2v) is 19.9. The summed E-state index contributed by atoms with van der Waals surface area (Å²) in [7, 11) is -4.27. The minimum absolute atomic E-state index is 0.0382. The molecule has 0 radical (unpaired) electrons. The maximum atomic E-state index is 12.9. The molecule has 3 nitrogen and oxygen atoms in total. The molecule has 0 aliphatic heterocycles. The van der Waals surface area contributed by atoms with E-state index >= 15 is 0 Å². The number of benzene rings is 1. The van der Waals surface area contributed by atoms with Crippen LogP contribution in [0.5, 0.6) is 5.75 Å². The van der Waals surface area contributed by atoms with E-state index in [1.54, 1.807) is 12.1 Å². The Morgan fingerprint density at radius 2 is 1.38 bits per heavy atom.